The molecule has 0 aliphatic heterocycles. The van der Waals surface area contributed by atoms with Gasteiger partial charge in [0.15, 0.2) is 0 Å². The number of hydrogen-bond donors (Lipinski definition) is 1. The van der Waals surface area contributed by atoms with Gasteiger partial charge in [-0.15, -0.1) is 0 Å². The average molecular weight is 330 g/mol. The summed E-state index contributed by atoms with van der Waals surface area (Å²) in [7, 11) is 2.08. The molecule has 0 bridgehead atoms. The fourth-order valence-electron chi connectivity index (χ4n) is 2.06. The minimum atomic E-state index is 0.0909. The first-order chi connectivity index (χ1) is 9.78. The van der Waals surface area contributed by atoms with Crippen molar-refractivity contribution in [1.29, 1.82) is 0 Å². The third-order valence-corrected chi connectivity index (χ3v) is 4.41. The second-order valence-corrected chi connectivity index (χ2v) is 7.70. The molecule has 0 amide bonds. The maximum absolute atomic E-state index is 6.44. The first-order valence-electron chi connectivity index (χ1n) is 7.39. The molecule has 1 aromatic rings. The number of hydrogen-bond acceptors (Lipinski definition) is 4. The Morgan fingerprint density at radius 3 is 2.57 bits per heavy atom. The van der Waals surface area contributed by atoms with Gasteiger partial charge in [-0.05, 0) is 45.1 Å². The maximum atomic E-state index is 6.44. The highest BCUT2D eigenvalue weighted by molar-refractivity contribution is 7.98. The van der Waals surface area contributed by atoms with E-state index in [0.717, 1.165) is 35.1 Å². The van der Waals surface area contributed by atoms with Crippen LogP contribution in [0.25, 0.3) is 0 Å². The van der Waals surface area contributed by atoms with Crippen LogP contribution in [-0.2, 0) is 6.54 Å². The molecule has 0 aromatic carbocycles. The summed E-state index contributed by atoms with van der Waals surface area (Å²) in [5.74, 6) is 1.95. The number of nitrogens with zero attached hydrogens (tertiary/aromatic N) is 2. The molecule has 120 valence electrons. The Morgan fingerprint density at radius 2 is 2.10 bits per heavy atom. The van der Waals surface area contributed by atoms with Crippen LogP contribution in [0.5, 0.6) is 0 Å². The molecule has 1 aromatic heterocycles. The molecule has 0 aliphatic rings. The number of rotatable bonds is 7. The van der Waals surface area contributed by atoms with Gasteiger partial charge >= 0.3 is 0 Å². The zero-order chi connectivity index (χ0) is 16.0. The lowest BCUT2D eigenvalue weighted by molar-refractivity contribution is 0.424. The highest BCUT2D eigenvalue weighted by Gasteiger charge is 2.17. The lowest BCUT2D eigenvalue weighted by Gasteiger charge is -2.28. The summed E-state index contributed by atoms with van der Waals surface area (Å²) in [5.41, 5.74) is 1.21. The van der Waals surface area contributed by atoms with Crippen LogP contribution in [0.15, 0.2) is 12.3 Å². The zero-order valence-corrected chi connectivity index (χ0v) is 15.6. The third-order valence-electron chi connectivity index (χ3n) is 3.41. The van der Waals surface area contributed by atoms with E-state index in [1.54, 1.807) is 0 Å². The van der Waals surface area contributed by atoms with Crippen LogP contribution in [0, 0.1) is 0 Å². The van der Waals surface area contributed by atoms with Gasteiger partial charge in [0, 0.05) is 37.1 Å². The maximum Gasteiger partial charge on any atom is 0.147 e. The highest BCUT2D eigenvalue weighted by atomic mass is 35.5. The van der Waals surface area contributed by atoms with Crippen molar-refractivity contribution >= 4 is 29.2 Å². The van der Waals surface area contributed by atoms with Gasteiger partial charge in [0.1, 0.15) is 5.82 Å². The van der Waals surface area contributed by atoms with Crippen molar-refractivity contribution in [2.45, 2.75) is 52.2 Å². The number of aromatic nitrogens is 1. The van der Waals surface area contributed by atoms with Crippen LogP contribution in [0.4, 0.5) is 5.82 Å². The standard InChI is InChI=1S/C16H28ClN3S/c1-7-13(11-21-6)20(5)15-14(17)8-12(9-18-15)10-19-16(2,3)4/h8-9,13,19H,7,10-11H2,1-6H3. The molecular formula is C16H28ClN3S. The van der Waals surface area contributed by atoms with Crippen LogP contribution in [0.3, 0.4) is 0 Å². The summed E-state index contributed by atoms with van der Waals surface area (Å²) < 4.78 is 0. The van der Waals surface area contributed by atoms with Gasteiger partial charge in [-0.3, -0.25) is 0 Å². The van der Waals surface area contributed by atoms with Crippen molar-refractivity contribution < 1.29 is 0 Å². The molecule has 5 heteroatoms. The fourth-order valence-corrected chi connectivity index (χ4v) is 3.23. The lowest BCUT2D eigenvalue weighted by Crippen LogP contribution is -2.35. The van der Waals surface area contributed by atoms with Crippen molar-refractivity contribution in [3.63, 3.8) is 0 Å². The predicted molar refractivity (Wildman–Crippen MR) is 96.7 cm³/mol. The number of pyridine rings is 1. The Morgan fingerprint density at radius 1 is 1.43 bits per heavy atom. The van der Waals surface area contributed by atoms with E-state index in [1.165, 1.54) is 0 Å². The molecule has 3 nitrogen and oxygen atoms in total. The van der Waals surface area contributed by atoms with Gasteiger partial charge in [-0.1, -0.05) is 18.5 Å². The summed E-state index contributed by atoms with van der Waals surface area (Å²) in [6.45, 7) is 9.43. The van der Waals surface area contributed by atoms with Crippen molar-refractivity contribution in [3.8, 4) is 0 Å². The summed E-state index contributed by atoms with van der Waals surface area (Å²) in [6, 6.07) is 2.48. The minimum Gasteiger partial charge on any atom is -0.355 e. The molecule has 1 atom stereocenters. The molecule has 1 unspecified atom stereocenters. The van der Waals surface area contributed by atoms with Gasteiger partial charge in [0.25, 0.3) is 0 Å². The highest BCUT2D eigenvalue weighted by Crippen LogP contribution is 2.26. The Hall–Kier alpha value is -0.450. The fraction of sp³-hybridized carbons (Fsp3) is 0.688. The predicted octanol–water partition coefficient (Wildman–Crippen LogP) is 4.20. The molecule has 0 saturated carbocycles. The Kier molecular flexibility index (Phi) is 7.31. The van der Waals surface area contributed by atoms with Gasteiger partial charge < -0.3 is 10.2 Å². The van der Waals surface area contributed by atoms with Gasteiger partial charge in [-0.25, -0.2) is 4.98 Å². The first kappa shape index (κ1) is 18.6. The topological polar surface area (TPSA) is 28.2 Å². The normalized spacial score (nSPS) is 13.3. The molecular weight excluding hydrogens is 302 g/mol. The van der Waals surface area contributed by atoms with E-state index in [4.69, 9.17) is 11.6 Å². The van der Waals surface area contributed by atoms with Gasteiger partial charge in [0.05, 0.1) is 5.02 Å². The number of nitrogens with one attached hydrogen (secondary N) is 1. The van der Waals surface area contributed by atoms with Gasteiger partial charge in [0.2, 0.25) is 0 Å². The van der Waals surface area contributed by atoms with Crippen molar-refractivity contribution in [2.75, 3.05) is 24.0 Å². The molecule has 0 radical (unpaired) electrons. The number of halogens is 1. The quantitative estimate of drug-likeness (QED) is 0.811. The summed E-state index contributed by atoms with van der Waals surface area (Å²) in [6.07, 6.45) is 5.14. The Bertz CT molecular complexity index is 446. The van der Waals surface area contributed by atoms with Crippen LogP contribution >= 0.6 is 23.4 Å². The van der Waals surface area contributed by atoms with E-state index >= 15 is 0 Å². The largest absolute Gasteiger partial charge is 0.355 e. The minimum absolute atomic E-state index is 0.0909. The van der Waals surface area contributed by atoms with E-state index in [0.29, 0.717) is 6.04 Å². The molecule has 0 spiro atoms. The van der Waals surface area contributed by atoms with Crippen LogP contribution in [-0.4, -0.2) is 35.6 Å². The van der Waals surface area contributed by atoms with Gasteiger partial charge in [-0.2, -0.15) is 11.8 Å². The monoisotopic (exact) mass is 329 g/mol. The van der Waals surface area contributed by atoms with E-state index in [1.807, 2.05) is 24.0 Å². The Labute approximate surface area is 138 Å². The van der Waals surface area contributed by atoms with Crippen LogP contribution in [0.1, 0.15) is 39.7 Å². The van der Waals surface area contributed by atoms with Crippen molar-refractivity contribution in [1.82, 2.24) is 10.3 Å². The number of thioether (sulfide) groups is 1. The third kappa shape index (κ3) is 6.05. The Balaban J connectivity index is 2.82. The molecule has 21 heavy (non-hydrogen) atoms. The van der Waals surface area contributed by atoms with Crippen molar-refractivity contribution in [3.05, 3.63) is 22.8 Å². The van der Waals surface area contributed by atoms with E-state index in [-0.39, 0.29) is 5.54 Å². The SMILES string of the molecule is CCC(CSC)N(C)c1ncc(CNC(C)(C)C)cc1Cl. The van der Waals surface area contributed by atoms with E-state index in [9.17, 15) is 0 Å². The van der Waals surface area contributed by atoms with Crippen LogP contribution < -0.4 is 10.2 Å². The van der Waals surface area contributed by atoms with E-state index < -0.39 is 0 Å². The summed E-state index contributed by atoms with van der Waals surface area (Å²) in [4.78, 5) is 6.77. The summed E-state index contributed by atoms with van der Waals surface area (Å²) >= 11 is 8.29. The second kappa shape index (κ2) is 8.25. The molecule has 0 aliphatic carbocycles. The number of anilines is 1. The molecule has 0 fully saturated rings. The molecule has 1 rings (SSSR count). The average Bonchev–Trinajstić information content (AvgIpc) is 2.41. The van der Waals surface area contributed by atoms with Crippen LogP contribution in [0.2, 0.25) is 5.02 Å². The molecule has 1 N–H and O–H groups in total. The zero-order valence-electron chi connectivity index (χ0n) is 14.0. The summed E-state index contributed by atoms with van der Waals surface area (Å²) in [5, 5.41) is 4.18. The van der Waals surface area contributed by atoms with Crippen molar-refractivity contribution in [2.24, 2.45) is 0 Å². The van der Waals surface area contributed by atoms with E-state index in [2.05, 4.69) is 56.2 Å². The second-order valence-electron chi connectivity index (χ2n) is 6.38. The lowest BCUT2D eigenvalue weighted by atomic mass is 10.1. The first-order valence-corrected chi connectivity index (χ1v) is 9.17. The molecule has 0 saturated heterocycles. The molecule has 1 heterocycles. The smallest absolute Gasteiger partial charge is 0.147 e.